The highest BCUT2D eigenvalue weighted by Gasteiger charge is 2.58. The van der Waals surface area contributed by atoms with Gasteiger partial charge in [-0.15, -0.1) is 0 Å². The van der Waals surface area contributed by atoms with Crippen LogP contribution >= 0.6 is 0 Å². The van der Waals surface area contributed by atoms with Crippen LogP contribution in [0.15, 0.2) is 85.1 Å². The van der Waals surface area contributed by atoms with E-state index < -0.39 is 17.5 Å². The smallest absolute Gasteiger partial charge is 0.371 e. The van der Waals surface area contributed by atoms with Crippen LogP contribution in [0.4, 0.5) is 13.2 Å². The standard InChI is InChI=1S/C27H23F3N2O/c28-27(29,30)26(33,25-24-12-5-4-10-21(24)15-16-32-25)23-14-13-20(22(17-23)18-31)11-6-9-19-7-2-1-3-8-19/h1-5,7-8,10,12-18,31,33H,6,9,11H2. The molecule has 0 fully saturated rings. The minimum Gasteiger partial charge on any atom is -0.371 e. The number of nitrogens with one attached hydrogen (secondary N) is 1. The van der Waals surface area contributed by atoms with Gasteiger partial charge in [0.05, 0.1) is 5.69 Å². The van der Waals surface area contributed by atoms with Crippen LogP contribution in [0.2, 0.25) is 0 Å². The number of alkyl halides is 3. The quantitative estimate of drug-likeness (QED) is 0.331. The van der Waals surface area contributed by atoms with Crippen LogP contribution in [0.25, 0.3) is 10.8 Å². The first-order valence-electron chi connectivity index (χ1n) is 10.7. The first-order chi connectivity index (χ1) is 15.8. The molecule has 0 radical (unpaired) electrons. The van der Waals surface area contributed by atoms with Crippen LogP contribution in [0.1, 0.15) is 34.4 Å². The molecular weight excluding hydrogens is 425 g/mol. The van der Waals surface area contributed by atoms with Gasteiger partial charge in [0.25, 0.3) is 0 Å². The maximum atomic E-state index is 14.4. The summed E-state index contributed by atoms with van der Waals surface area (Å²) in [4.78, 5) is 3.96. The Hall–Kier alpha value is -3.51. The summed E-state index contributed by atoms with van der Waals surface area (Å²) in [6, 6.07) is 22.2. The molecule has 33 heavy (non-hydrogen) atoms. The van der Waals surface area contributed by atoms with E-state index in [9.17, 15) is 18.3 Å². The molecule has 1 aromatic heterocycles. The van der Waals surface area contributed by atoms with Crippen molar-refractivity contribution in [1.29, 1.82) is 5.41 Å². The summed E-state index contributed by atoms with van der Waals surface area (Å²) in [5.74, 6) is 0. The van der Waals surface area contributed by atoms with Crippen LogP contribution < -0.4 is 0 Å². The van der Waals surface area contributed by atoms with Gasteiger partial charge in [-0.2, -0.15) is 13.2 Å². The summed E-state index contributed by atoms with van der Waals surface area (Å²) >= 11 is 0. The Balaban J connectivity index is 1.72. The van der Waals surface area contributed by atoms with Crippen molar-refractivity contribution in [3.8, 4) is 0 Å². The molecule has 0 bridgehead atoms. The summed E-state index contributed by atoms with van der Waals surface area (Å²) in [5, 5.41) is 19.7. The molecule has 0 amide bonds. The molecule has 4 aromatic rings. The van der Waals surface area contributed by atoms with Gasteiger partial charge in [-0.05, 0) is 59.0 Å². The lowest BCUT2D eigenvalue weighted by Crippen LogP contribution is -2.44. The monoisotopic (exact) mass is 448 g/mol. The molecule has 1 unspecified atom stereocenters. The third-order valence-corrected chi connectivity index (χ3v) is 5.90. The molecule has 3 nitrogen and oxygen atoms in total. The Bertz CT molecular complexity index is 1270. The van der Waals surface area contributed by atoms with Gasteiger partial charge in [0.1, 0.15) is 0 Å². The fourth-order valence-corrected chi connectivity index (χ4v) is 4.15. The van der Waals surface area contributed by atoms with Gasteiger partial charge < -0.3 is 10.5 Å². The van der Waals surface area contributed by atoms with Crippen molar-refractivity contribution in [3.63, 3.8) is 0 Å². The van der Waals surface area contributed by atoms with E-state index in [1.165, 1.54) is 30.0 Å². The fourth-order valence-electron chi connectivity index (χ4n) is 4.15. The van der Waals surface area contributed by atoms with Crippen molar-refractivity contribution >= 4 is 17.0 Å². The zero-order valence-electron chi connectivity index (χ0n) is 17.8. The molecule has 1 atom stereocenters. The number of rotatable bonds is 7. The number of benzene rings is 3. The molecule has 0 saturated carbocycles. The van der Waals surface area contributed by atoms with Crippen LogP contribution in [0.3, 0.4) is 0 Å². The number of halogens is 3. The number of hydrogen-bond donors (Lipinski definition) is 2. The zero-order chi connectivity index (χ0) is 23.5. The number of aliphatic hydroxyl groups is 1. The number of nitrogens with zero attached hydrogens (tertiary/aromatic N) is 1. The summed E-state index contributed by atoms with van der Waals surface area (Å²) in [6.07, 6.45) is -0.487. The van der Waals surface area contributed by atoms with E-state index in [4.69, 9.17) is 5.41 Å². The number of aromatic nitrogens is 1. The Morgan fingerprint density at radius 1 is 0.879 bits per heavy atom. The highest BCUT2D eigenvalue weighted by atomic mass is 19.4. The Morgan fingerprint density at radius 2 is 1.61 bits per heavy atom. The zero-order valence-corrected chi connectivity index (χ0v) is 17.8. The van der Waals surface area contributed by atoms with Crippen molar-refractivity contribution in [1.82, 2.24) is 4.98 Å². The average Bonchev–Trinajstić information content (AvgIpc) is 2.83. The van der Waals surface area contributed by atoms with Gasteiger partial charge in [0, 0.05) is 17.8 Å². The van der Waals surface area contributed by atoms with E-state index in [0.717, 1.165) is 24.6 Å². The Kier molecular flexibility index (Phi) is 6.29. The van der Waals surface area contributed by atoms with Gasteiger partial charge >= 0.3 is 6.18 Å². The third kappa shape index (κ3) is 4.39. The van der Waals surface area contributed by atoms with E-state index >= 15 is 0 Å². The van der Waals surface area contributed by atoms with E-state index in [0.29, 0.717) is 17.4 Å². The van der Waals surface area contributed by atoms with Crippen molar-refractivity contribution < 1.29 is 18.3 Å². The predicted octanol–water partition coefficient (Wildman–Crippen LogP) is 6.21. The number of fused-ring (bicyclic) bond motifs is 1. The summed E-state index contributed by atoms with van der Waals surface area (Å²) in [6.45, 7) is 0. The molecular formula is C27H23F3N2O. The normalized spacial score (nSPS) is 13.6. The van der Waals surface area contributed by atoms with Crippen LogP contribution in [0.5, 0.6) is 0 Å². The van der Waals surface area contributed by atoms with Gasteiger partial charge in [-0.25, -0.2) is 0 Å². The Morgan fingerprint density at radius 3 is 2.33 bits per heavy atom. The average molecular weight is 448 g/mol. The lowest BCUT2D eigenvalue weighted by molar-refractivity contribution is -0.249. The van der Waals surface area contributed by atoms with E-state index in [1.807, 2.05) is 30.3 Å². The highest BCUT2D eigenvalue weighted by molar-refractivity contribution is 5.86. The second kappa shape index (κ2) is 9.16. The van der Waals surface area contributed by atoms with Crippen molar-refractivity contribution in [2.45, 2.75) is 31.0 Å². The number of aryl methyl sites for hydroxylation is 2. The molecule has 0 aliphatic rings. The van der Waals surface area contributed by atoms with E-state index in [2.05, 4.69) is 4.98 Å². The lowest BCUT2D eigenvalue weighted by atomic mass is 9.84. The second-order valence-corrected chi connectivity index (χ2v) is 7.99. The molecule has 4 rings (SSSR count). The summed E-state index contributed by atoms with van der Waals surface area (Å²) in [5.41, 5.74) is -1.85. The fraction of sp³-hybridized carbons (Fsp3) is 0.185. The molecule has 168 valence electrons. The van der Waals surface area contributed by atoms with Crippen LogP contribution in [-0.2, 0) is 18.4 Å². The summed E-state index contributed by atoms with van der Waals surface area (Å²) < 4.78 is 43.1. The number of pyridine rings is 1. The lowest BCUT2D eigenvalue weighted by Gasteiger charge is -2.32. The SMILES string of the molecule is N=Cc1cc(C(O)(c2nccc3ccccc23)C(F)(F)F)ccc1CCCc1ccccc1. The summed E-state index contributed by atoms with van der Waals surface area (Å²) in [7, 11) is 0. The third-order valence-electron chi connectivity index (χ3n) is 5.90. The van der Waals surface area contributed by atoms with Gasteiger partial charge in [0.2, 0.25) is 5.60 Å². The van der Waals surface area contributed by atoms with Crippen molar-refractivity contribution in [3.05, 3.63) is 113 Å². The predicted molar refractivity (Wildman–Crippen MR) is 124 cm³/mol. The molecule has 0 aliphatic heterocycles. The minimum absolute atomic E-state index is 0.225. The van der Waals surface area contributed by atoms with Crippen molar-refractivity contribution in [2.24, 2.45) is 0 Å². The van der Waals surface area contributed by atoms with Crippen LogP contribution in [0, 0.1) is 5.41 Å². The van der Waals surface area contributed by atoms with Gasteiger partial charge in [-0.3, -0.25) is 4.98 Å². The topological polar surface area (TPSA) is 57.0 Å². The van der Waals surface area contributed by atoms with Crippen molar-refractivity contribution in [2.75, 3.05) is 0 Å². The first kappa shape index (κ1) is 22.7. The molecule has 0 saturated heterocycles. The maximum Gasteiger partial charge on any atom is 0.427 e. The largest absolute Gasteiger partial charge is 0.427 e. The first-order valence-corrected chi connectivity index (χ1v) is 10.7. The molecule has 0 aliphatic carbocycles. The Labute approximate surface area is 190 Å². The number of hydrogen-bond acceptors (Lipinski definition) is 3. The van der Waals surface area contributed by atoms with Gasteiger partial charge in [0.15, 0.2) is 0 Å². The second-order valence-electron chi connectivity index (χ2n) is 7.99. The van der Waals surface area contributed by atoms with E-state index in [-0.39, 0.29) is 10.9 Å². The minimum atomic E-state index is -5.02. The molecule has 0 spiro atoms. The van der Waals surface area contributed by atoms with Gasteiger partial charge in [-0.1, -0.05) is 66.7 Å². The maximum absolute atomic E-state index is 14.4. The van der Waals surface area contributed by atoms with E-state index in [1.54, 1.807) is 30.3 Å². The molecule has 1 heterocycles. The molecule has 2 N–H and O–H groups in total. The molecule has 6 heteroatoms. The molecule has 3 aromatic carbocycles. The van der Waals surface area contributed by atoms with Crippen LogP contribution in [-0.4, -0.2) is 22.5 Å². The highest BCUT2D eigenvalue weighted by Crippen LogP contribution is 2.45.